The van der Waals surface area contributed by atoms with Crippen LogP contribution in [-0.4, -0.2) is 23.5 Å². The van der Waals surface area contributed by atoms with E-state index in [9.17, 15) is 9.59 Å². The normalized spacial score (nSPS) is 9.73. The number of aromatic carboxylic acids is 1. The van der Waals surface area contributed by atoms with Crippen LogP contribution < -0.4 is 11.1 Å². The molecule has 1 aromatic carbocycles. The lowest BCUT2D eigenvalue weighted by Gasteiger charge is -2.07. The number of hydrogen-bond acceptors (Lipinski definition) is 3. The van der Waals surface area contributed by atoms with Gasteiger partial charge in [-0.25, -0.2) is 4.79 Å². The number of amides is 1. The van der Waals surface area contributed by atoms with Crippen molar-refractivity contribution in [1.29, 1.82) is 0 Å². The molecule has 15 heavy (non-hydrogen) atoms. The Morgan fingerprint density at radius 3 is 2.67 bits per heavy atom. The molecule has 0 bridgehead atoms. The molecule has 0 aromatic heterocycles. The largest absolute Gasteiger partial charge is 0.478 e. The summed E-state index contributed by atoms with van der Waals surface area (Å²) in [6.07, 6.45) is 0. The molecule has 5 heteroatoms. The molecule has 4 N–H and O–H groups in total. The molecule has 0 aliphatic rings. The molecule has 0 aliphatic carbocycles. The van der Waals surface area contributed by atoms with Gasteiger partial charge in [-0.15, -0.1) is 0 Å². The number of aryl methyl sites for hydroxylation is 1. The summed E-state index contributed by atoms with van der Waals surface area (Å²) >= 11 is 0. The number of carboxylic acid groups (broad SMARTS) is 1. The van der Waals surface area contributed by atoms with Gasteiger partial charge in [-0.2, -0.15) is 0 Å². The van der Waals surface area contributed by atoms with Crippen LogP contribution in [0.5, 0.6) is 0 Å². The molecule has 1 amide bonds. The van der Waals surface area contributed by atoms with Crippen molar-refractivity contribution in [2.45, 2.75) is 6.92 Å². The summed E-state index contributed by atoms with van der Waals surface area (Å²) in [5, 5.41) is 11.3. The number of carbonyl (C=O) groups is 2. The molecule has 80 valence electrons. The van der Waals surface area contributed by atoms with Gasteiger partial charge in [0.15, 0.2) is 0 Å². The third-order valence-electron chi connectivity index (χ3n) is 1.94. The van der Waals surface area contributed by atoms with Gasteiger partial charge in [0.1, 0.15) is 0 Å². The van der Waals surface area contributed by atoms with Crippen LogP contribution >= 0.6 is 0 Å². The Balaban J connectivity index is 3.00. The average molecular weight is 208 g/mol. The first kappa shape index (κ1) is 11.2. The van der Waals surface area contributed by atoms with Crippen molar-refractivity contribution in [3.63, 3.8) is 0 Å². The van der Waals surface area contributed by atoms with Gasteiger partial charge >= 0.3 is 5.97 Å². The van der Waals surface area contributed by atoms with E-state index in [4.69, 9.17) is 10.8 Å². The van der Waals surface area contributed by atoms with Gasteiger partial charge in [-0.3, -0.25) is 4.79 Å². The lowest BCUT2D eigenvalue weighted by Crippen LogP contribution is -2.22. The molecule has 0 fully saturated rings. The molecule has 0 aliphatic heterocycles. The second-order valence-electron chi connectivity index (χ2n) is 3.09. The maximum Gasteiger partial charge on any atom is 0.335 e. The summed E-state index contributed by atoms with van der Waals surface area (Å²) in [5.41, 5.74) is 6.54. The van der Waals surface area contributed by atoms with E-state index >= 15 is 0 Å². The Morgan fingerprint density at radius 1 is 1.47 bits per heavy atom. The number of benzene rings is 1. The smallest absolute Gasteiger partial charge is 0.335 e. The van der Waals surface area contributed by atoms with E-state index in [1.807, 2.05) is 0 Å². The number of anilines is 1. The van der Waals surface area contributed by atoms with Gasteiger partial charge < -0.3 is 16.2 Å². The highest BCUT2D eigenvalue weighted by molar-refractivity contribution is 5.95. The molecule has 0 unspecified atom stereocenters. The third-order valence-corrected chi connectivity index (χ3v) is 1.94. The zero-order chi connectivity index (χ0) is 11.4. The molecular formula is C10H12N2O3. The van der Waals surface area contributed by atoms with E-state index in [0.29, 0.717) is 5.69 Å². The van der Waals surface area contributed by atoms with E-state index in [-0.39, 0.29) is 18.0 Å². The Kier molecular flexibility index (Phi) is 3.41. The molecule has 0 saturated heterocycles. The fraction of sp³-hybridized carbons (Fsp3) is 0.200. The fourth-order valence-corrected chi connectivity index (χ4v) is 1.09. The van der Waals surface area contributed by atoms with Crippen LogP contribution in [0.15, 0.2) is 18.2 Å². The first-order chi connectivity index (χ1) is 7.04. The molecule has 0 saturated carbocycles. The standard InChI is InChI=1S/C10H12N2O3/c1-6-2-3-7(10(14)15)4-8(6)12-9(13)5-11/h2-4H,5,11H2,1H3,(H,12,13)(H,14,15). The molecule has 1 aromatic rings. The number of nitrogens with two attached hydrogens (primary N) is 1. The second-order valence-corrected chi connectivity index (χ2v) is 3.09. The van der Waals surface area contributed by atoms with Gasteiger partial charge in [0.2, 0.25) is 5.91 Å². The zero-order valence-electron chi connectivity index (χ0n) is 8.28. The minimum Gasteiger partial charge on any atom is -0.478 e. The number of nitrogens with one attached hydrogen (secondary N) is 1. The van der Waals surface area contributed by atoms with E-state index in [0.717, 1.165) is 5.56 Å². The number of hydrogen-bond donors (Lipinski definition) is 3. The maximum absolute atomic E-state index is 11.0. The second kappa shape index (κ2) is 4.56. The summed E-state index contributed by atoms with van der Waals surface area (Å²) in [6, 6.07) is 4.52. The van der Waals surface area contributed by atoms with E-state index in [1.54, 1.807) is 13.0 Å². The van der Waals surface area contributed by atoms with Crippen molar-refractivity contribution in [2.24, 2.45) is 5.73 Å². The lowest BCUT2D eigenvalue weighted by atomic mass is 10.1. The quantitative estimate of drug-likeness (QED) is 0.677. The van der Waals surface area contributed by atoms with Crippen LogP contribution in [-0.2, 0) is 4.79 Å². The highest BCUT2D eigenvalue weighted by Gasteiger charge is 2.07. The predicted octanol–water partition coefficient (Wildman–Crippen LogP) is 0.590. The molecule has 5 nitrogen and oxygen atoms in total. The minimum atomic E-state index is -1.03. The SMILES string of the molecule is Cc1ccc(C(=O)O)cc1NC(=O)CN. The van der Waals surface area contributed by atoms with Crippen molar-refractivity contribution in [3.05, 3.63) is 29.3 Å². The van der Waals surface area contributed by atoms with Crippen LogP contribution in [0.4, 0.5) is 5.69 Å². The lowest BCUT2D eigenvalue weighted by molar-refractivity contribution is -0.114. The topological polar surface area (TPSA) is 92.4 Å². The van der Waals surface area contributed by atoms with Crippen LogP contribution in [0, 0.1) is 6.92 Å². The van der Waals surface area contributed by atoms with E-state index < -0.39 is 5.97 Å². The van der Waals surface area contributed by atoms with Gasteiger partial charge in [0.25, 0.3) is 0 Å². The first-order valence-corrected chi connectivity index (χ1v) is 4.38. The minimum absolute atomic E-state index is 0.128. The summed E-state index contributed by atoms with van der Waals surface area (Å²) in [6.45, 7) is 1.65. The molecule has 0 radical (unpaired) electrons. The molecule has 0 spiro atoms. The Morgan fingerprint density at radius 2 is 2.13 bits per heavy atom. The third kappa shape index (κ3) is 2.78. The van der Waals surface area contributed by atoms with Gasteiger partial charge in [0.05, 0.1) is 12.1 Å². The van der Waals surface area contributed by atoms with Gasteiger partial charge in [-0.05, 0) is 24.6 Å². The van der Waals surface area contributed by atoms with Crippen molar-refractivity contribution < 1.29 is 14.7 Å². The number of carboxylic acids is 1. The number of carbonyl (C=O) groups excluding carboxylic acids is 1. The van der Waals surface area contributed by atoms with Gasteiger partial charge in [0, 0.05) is 5.69 Å². The molecule has 0 heterocycles. The summed E-state index contributed by atoms with van der Waals surface area (Å²) in [4.78, 5) is 21.7. The van der Waals surface area contributed by atoms with E-state index in [1.165, 1.54) is 12.1 Å². The van der Waals surface area contributed by atoms with Crippen molar-refractivity contribution in [3.8, 4) is 0 Å². The van der Waals surface area contributed by atoms with Crippen LogP contribution in [0.2, 0.25) is 0 Å². The average Bonchev–Trinajstić information content (AvgIpc) is 2.20. The summed E-state index contributed by atoms with van der Waals surface area (Å²) in [7, 11) is 0. The molecule has 0 atom stereocenters. The van der Waals surface area contributed by atoms with Crippen LogP contribution in [0.3, 0.4) is 0 Å². The Labute approximate surface area is 86.9 Å². The Hall–Kier alpha value is -1.88. The van der Waals surface area contributed by atoms with E-state index in [2.05, 4.69) is 5.32 Å². The molecular weight excluding hydrogens is 196 g/mol. The highest BCUT2D eigenvalue weighted by Crippen LogP contribution is 2.16. The first-order valence-electron chi connectivity index (χ1n) is 4.38. The van der Waals surface area contributed by atoms with Crippen molar-refractivity contribution in [2.75, 3.05) is 11.9 Å². The zero-order valence-corrected chi connectivity index (χ0v) is 8.28. The Bertz CT molecular complexity index is 402. The summed E-state index contributed by atoms with van der Waals surface area (Å²) in [5.74, 6) is -1.38. The fourth-order valence-electron chi connectivity index (χ4n) is 1.09. The summed E-state index contributed by atoms with van der Waals surface area (Å²) < 4.78 is 0. The van der Waals surface area contributed by atoms with Crippen molar-refractivity contribution >= 4 is 17.6 Å². The van der Waals surface area contributed by atoms with Crippen LogP contribution in [0.1, 0.15) is 15.9 Å². The van der Waals surface area contributed by atoms with Gasteiger partial charge in [-0.1, -0.05) is 6.07 Å². The maximum atomic E-state index is 11.0. The van der Waals surface area contributed by atoms with Crippen molar-refractivity contribution in [1.82, 2.24) is 0 Å². The highest BCUT2D eigenvalue weighted by atomic mass is 16.4. The predicted molar refractivity (Wildman–Crippen MR) is 55.8 cm³/mol. The number of rotatable bonds is 3. The molecule has 1 rings (SSSR count). The van der Waals surface area contributed by atoms with Crippen LogP contribution in [0.25, 0.3) is 0 Å². The monoisotopic (exact) mass is 208 g/mol.